The first kappa shape index (κ1) is 51.5. The van der Waals surface area contributed by atoms with Gasteiger partial charge in [0.1, 0.15) is 40.8 Å². The number of fused-ring (bicyclic) bond motifs is 5. The minimum Gasteiger partial charge on any atom is -0.456 e. The van der Waals surface area contributed by atoms with Crippen LogP contribution in [0.2, 0.25) is 0 Å². The number of alkyl carbamates (subject to hydrolysis) is 1. The maximum atomic E-state index is 15.2. The normalized spacial score (nSPS) is 35.0. The minimum absolute atomic E-state index is 0.0562. The van der Waals surface area contributed by atoms with Crippen molar-refractivity contribution in [3.63, 3.8) is 0 Å². The number of aliphatic hydroxyl groups excluding tert-OH is 3. The Morgan fingerprint density at radius 3 is 2.04 bits per heavy atom. The third-order valence-corrected chi connectivity index (χ3v) is 15.0. The number of benzene rings is 2. The van der Waals surface area contributed by atoms with Crippen molar-refractivity contribution in [2.45, 2.75) is 166 Å². The number of ketones is 1. The van der Waals surface area contributed by atoms with E-state index in [0.29, 0.717) is 5.56 Å². The Morgan fingerprint density at radius 2 is 1.49 bits per heavy atom. The van der Waals surface area contributed by atoms with Gasteiger partial charge in [0.2, 0.25) is 6.10 Å². The lowest BCUT2D eigenvalue weighted by molar-refractivity contribution is -0.383. The number of carbonyl (C=O) groups excluding carboxylic acids is 6. The third kappa shape index (κ3) is 9.59. The number of nitrogens with one attached hydrogen (secondary N) is 1. The van der Waals surface area contributed by atoms with E-state index in [4.69, 9.17) is 28.4 Å². The van der Waals surface area contributed by atoms with Gasteiger partial charge in [-0.05, 0) is 58.7 Å². The summed E-state index contributed by atoms with van der Waals surface area (Å²) in [5.41, 5.74) is -9.95. The predicted octanol–water partition coefficient (Wildman–Crippen LogP) is 4.69. The quantitative estimate of drug-likeness (QED) is 0.135. The summed E-state index contributed by atoms with van der Waals surface area (Å²) in [4.78, 5) is 81.5. The molecule has 6 rings (SSSR count). The van der Waals surface area contributed by atoms with Crippen LogP contribution in [-0.2, 0) is 47.6 Å². The van der Waals surface area contributed by atoms with E-state index in [1.165, 1.54) is 39.8 Å². The van der Waals surface area contributed by atoms with Crippen molar-refractivity contribution in [1.82, 2.24) is 5.32 Å². The Hall–Kier alpha value is -4.94. The van der Waals surface area contributed by atoms with E-state index < -0.39 is 130 Å². The van der Waals surface area contributed by atoms with Crippen LogP contribution in [0.25, 0.3) is 0 Å². The van der Waals surface area contributed by atoms with Gasteiger partial charge in [-0.2, -0.15) is 0 Å². The monoisotopic (exact) mass is 937 g/mol. The van der Waals surface area contributed by atoms with E-state index in [1.54, 1.807) is 90.1 Å². The van der Waals surface area contributed by atoms with Crippen molar-refractivity contribution in [1.29, 1.82) is 0 Å². The molecule has 1 aliphatic heterocycles. The molecule has 1 saturated heterocycles. The number of esters is 4. The Balaban J connectivity index is 1.52. The first-order valence-corrected chi connectivity index (χ1v) is 22.9. The number of hydrogen-bond donors (Lipinski definition) is 5. The van der Waals surface area contributed by atoms with Crippen LogP contribution in [0, 0.1) is 28.6 Å². The van der Waals surface area contributed by atoms with E-state index in [-0.39, 0.29) is 43.6 Å². The van der Waals surface area contributed by atoms with Gasteiger partial charge in [-0.3, -0.25) is 9.59 Å². The van der Waals surface area contributed by atoms with E-state index in [0.717, 1.165) is 0 Å². The zero-order chi connectivity index (χ0) is 49.7. The SMILES string of the molecule is CC(=O)CCCC(=O)O[C@@H](C(=O)O[C@]1(C)C[C@@]2(O)[C@@H](OC(=O)c3ccccc3)[C@@H]3[C@]4(OC(C)=O)CO[C@@H]4C[C@H](O)[C@@]3(C)[C@H](O)[C@H](O)C([C@@H]1C)C2(C)C)C(NC(=O)OC(C)(C)C)c1ccccc1. The smallest absolute Gasteiger partial charge is 0.408 e. The lowest BCUT2D eigenvalue weighted by atomic mass is 9.40. The maximum Gasteiger partial charge on any atom is 0.408 e. The second-order valence-electron chi connectivity index (χ2n) is 20.9. The summed E-state index contributed by atoms with van der Waals surface area (Å²) in [6, 6.07) is 14.7. The van der Waals surface area contributed by atoms with Crippen LogP contribution >= 0.6 is 0 Å². The van der Waals surface area contributed by atoms with E-state index in [1.807, 2.05) is 0 Å². The number of carbonyl (C=O) groups is 6. The predicted molar refractivity (Wildman–Crippen MR) is 238 cm³/mol. The summed E-state index contributed by atoms with van der Waals surface area (Å²) < 4.78 is 36.5. The molecule has 0 spiro atoms. The Bertz CT molecular complexity index is 2180. The Morgan fingerprint density at radius 1 is 0.881 bits per heavy atom. The molecule has 67 heavy (non-hydrogen) atoms. The average molecular weight is 938 g/mol. The maximum absolute atomic E-state index is 15.2. The van der Waals surface area contributed by atoms with Crippen LogP contribution in [0.3, 0.4) is 0 Å². The molecule has 17 heteroatoms. The van der Waals surface area contributed by atoms with Crippen molar-refractivity contribution in [3.8, 4) is 0 Å². The van der Waals surface area contributed by atoms with Crippen LogP contribution in [0.4, 0.5) is 4.79 Å². The van der Waals surface area contributed by atoms with Crippen molar-refractivity contribution < 1.29 is 77.6 Å². The average Bonchev–Trinajstić information content (AvgIpc) is 3.23. The van der Waals surface area contributed by atoms with Crippen molar-refractivity contribution in [3.05, 3.63) is 71.8 Å². The molecule has 1 heterocycles. The highest BCUT2D eigenvalue weighted by molar-refractivity contribution is 5.89. The molecule has 2 aromatic carbocycles. The lowest BCUT2D eigenvalue weighted by Gasteiger charge is -2.71. The van der Waals surface area contributed by atoms with E-state index >= 15 is 4.79 Å². The fraction of sp³-hybridized carbons (Fsp3) is 0.640. The third-order valence-electron chi connectivity index (χ3n) is 15.0. The molecule has 3 saturated carbocycles. The molecule has 2 bridgehead atoms. The van der Waals surface area contributed by atoms with Crippen molar-refractivity contribution in [2.75, 3.05) is 6.61 Å². The van der Waals surface area contributed by atoms with Crippen LogP contribution < -0.4 is 5.32 Å². The van der Waals surface area contributed by atoms with Crippen LogP contribution in [0.1, 0.15) is 123 Å². The van der Waals surface area contributed by atoms with Gasteiger partial charge in [0.25, 0.3) is 0 Å². The molecule has 2 unspecified atom stereocenters. The van der Waals surface area contributed by atoms with Gasteiger partial charge in [0.15, 0.2) is 5.60 Å². The summed E-state index contributed by atoms with van der Waals surface area (Å²) in [7, 11) is 0. The molecule has 0 radical (unpaired) electrons. The van der Waals surface area contributed by atoms with Gasteiger partial charge in [0.05, 0.1) is 36.4 Å². The first-order chi connectivity index (χ1) is 31.1. The molecule has 2 aromatic rings. The summed E-state index contributed by atoms with van der Waals surface area (Å²) >= 11 is 0. The van der Waals surface area contributed by atoms with Gasteiger partial charge in [-0.15, -0.1) is 0 Å². The van der Waals surface area contributed by atoms with Gasteiger partial charge >= 0.3 is 30.0 Å². The van der Waals surface area contributed by atoms with Crippen molar-refractivity contribution in [2.24, 2.45) is 28.6 Å². The summed E-state index contributed by atoms with van der Waals surface area (Å²) in [5.74, 6) is -7.56. The highest BCUT2D eigenvalue weighted by Crippen LogP contribution is 2.67. The molecular formula is C50H67NO16. The fourth-order valence-corrected chi connectivity index (χ4v) is 11.5. The number of aliphatic hydroxyl groups is 4. The van der Waals surface area contributed by atoms with E-state index in [9.17, 15) is 44.4 Å². The number of rotatable bonds is 13. The second kappa shape index (κ2) is 18.9. The van der Waals surface area contributed by atoms with Gasteiger partial charge < -0.3 is 59.0 Å². The molecule has 1 amide bonds. The minimum atomic E-state index is -2.37. The molecule has 17 nitrogen and oxygen atoms in total. The van der Waals surface area contributed by atoms with Crippen LogP contribution in [-0.4, -0.2) is 122 Å². The summed E-state index contributed by atoms with van der Waals surface area (Å²) in [6.45, 7) is 15.1. The zero-order valence-corrected chi connectivity index (χ0v) is 40.0. The lowest BCUT2D eigenvalue weighted by Crippen LogP contribution is -2.84. The summed E-state index contributed by atoms with van der Waals surface area (Å²) in [5, 5.41) is 54.0. The standard InChI is InChI=1S/C50H67NO16/c1-27(52)18-17-23-34(55)63-38(36(30-19-13-11-14-20-30)51-44(60)67-45(4,5)6)43(59)66-47(9)25-50(61)41(64-42(58)31-21-15-12-16-22-31)39-48(10,40(57)37(56)35(28(47)2)46(50,7)8)32(54)24-33-49(39,26-62-33)65-29(3)53/h11-16,19-22,28,32-33,35-41,54,56-57,61H,17-18,23-26H2,1-10H3,(H,51,60)/t28-,32-,33+,35?,36?,37+,38+,39-,40+,41-,47+,48+,49-,50+/m0/s1. The Labute approximate surface area is 391 Å². The number of Topliss-reactive ketones (excluding diaryl/α,β-unsaturated/α-hetero) is 1. The molecule has 14 atom stereocenters. The number of ether oxygens (including phenoxy) is 6. The van der Waals surface area contributed by atoms with Gasteiger partial charge in [-0.25, -0.2) is 14.4 Å². The van der Waals surface area contributed by atoms with Gasteiger partial charge in [-0.1, -0.05) is 76.2 Å². The zero-order valence-electron chi connectivity index (χ0n) is 40.0. The highest BCUT2D eigenvalue weighted by Gasteiger charge is 2.79. The van der Waals surface area contributed by atoms with Crippen molar-refractivity contribution >= 4 is 35.8 Å². The molecular weight excluding hydrogens is 871 g/mol. The first-order valence-electron chi connectivity index (χ1n) is 22.9. The van der Waals surface area contributed by atoms with E-state index in [2.05, 4.69) is 5.32 Å². The molecule has 3 aliphatic carbocycles. The van der Waals surface area contributed by atoms with Crippen LogP contribution in [0.15, 0.2) is 60.7 Å². The largest absolute Gasteiger partial charge is 0.456 e. The highest BCUT2D eigenvalue weighted by atomic mass is 16.6. The molecule has 4 aliphatic rings. The molecule has 5 N–H and O–H groups in total. The number of amides is 1. The molecule has 4 fully saturated rings. The number of hydrogen-bond acceptors (Lipinski definition) is 16. The molecule has 0 aromatic heterocycles. The van der Waals surface area contributed by atoms with Gasteiger partial charge in [0, 0.05) is 55.3 Å². The fourth-order valence-electron chi connectivity index (χ4n) is 11.5. The molecule has 368 valence electrons. The second-order valence-corrected chi connectivity index (χ2v) is 20.9. The summed E-state index contributed by atoms with van der Waals surface area (Å²) in [6.07, 6.45) is -11.5. The topological polar surface area (TPSA) is 251 Å². The van der Waals surface area contributed by atoms with Crippen LogP contribution in [0.5, 0.6) is 0 Å². The Kier molecular flexibility index (Phi) is 14.5.